The van der Waals surface area contributed by atoms with E-state index < -0.39 is 0 Å². The van der Waals surface area contributed by atoms with Crippen molar-refractivity contribution in [2.45, 2.75) is 25.3 Å². The van der Waals surface area contributed by atoms with Gasteiger partial charge in [0.05, 0.1) is 0 Å². The Morgan fingerprint density at radius 2 is 1.23 bits per heavy atom. The Labute approximate surface area is 186 Å². The van der Waals surface area contributed by atoms with Gasteiger partial charge in [-0.1, -0.05) is 109 Å². The van der Waals surface area contributed by atoms with Crippen molar-refractivity contribution in [3.05, 3.63) is 120 Å². The second-order valence-electron chi connectivity index (χ2n) is 8.06. The Bertz CT molecular complexity index is 1040. The predicted octanol–water partition coefficient (Wildman–Crippen LogP) is 6.83. The van der Waals surface area contributed by atoms with Crippen molar-refractivity contribution >= 4 is 16.6 Å². The molecule has 0 heterocycles. The van der Waals surface area contributed by atoms with Crippen molar-refractivity contribution in [3.63, 3.8) is 0 Å². The fourth-order valence-electron chi connectivity index (χ4n) is 3.64. The lowest BCUT2D eigenvalue weighted by atomic mass is 9.84. The zero-order valence-electron chi connectivity index (χ0n) is 18.6. The zero-order valence-corrected chi connectivity index (χ0v) is 18.6. The van der Waals surface area contributed by atoms with E-state index in [1.165, 1.54) is 0 Å². The Morgan fingerprint density at radius 3 is 1.84 bits per heavy atom. The minimum atomic E-state index is -0.135. The quantitative estimate of drug-likeness (QED) is 0.325. The number of Topliss-reactive ketones (excluding diaryl/α,β-unsaturated/α-hetero) is 1. The van der Waals surface area contributed by atoms with Crippen molar-refractivity contribution in [2.75, 3.05) is 14.1 Å². The number of hydrogen-bond donors (Lipinski definition) is 0. The molecule has 0 radical (unpaired) electrons. The molecule has 0 amide bonds. The van der Waals surface area contributed by atoms with Crippen molar-refractivity contribution in [3.8, 4) is 0 Å². The molecule has 4 aromatic carbocycles. The van der Waals surface area contributed by atoms with E-state index in [1.807, 2.05) is 84.9 Å². The van der Waals surface area contributed by atoms with Gasteiger partial charge >= 0.3 is 0 Å². The summed E-state index contributed by atoms with van der Waals surface area (Å²) in [6, 6.07) is 36.6. The lowest BCUT2D eigenvalue weighted by Gasteiger charge is -2.25. The van der Waals surface area contributed by atoms with E-state index in [1.54, 1.807) is 0 Å². The number of benzene rings is 4. The third-order valence-corrected chi connectivity index (χ3v) is 5.70. The van der Waals surface area contributed by atoms with Crippen LogP contribution in [0.5, 0.6) is 0 Å². The van der Waals surface area contributed by atoms with Gasteiger partial charge in [-0.05, 0) is 43.8 Å². The van der Waals surface area contributed by atoms with Gasteiger partial charge in [0.2, 0.25) is 0 Å². The number of carbonyl (C=O) groups is 1. The van der Waals surface area contributed by atoms with Crippen molar-refractivity contribution in [1.29, 1.82) is 0 Å². The van der Waals surface area contributed by atoms with Crippen LogP contribution in [0, 0.1) is 0 Å². The molecule has 0 saturated heterocycles. The van der Waals surface area contributed by atoms with Crippen LogP contribution < -0.4 is 0 Å². The number of fused-ring (bicyclic) bond motifs is 1. The molecule has 0 saturated carbocycles. The van der Waals surface area contributed by atoms with Crippen LogP contribution in [0.3, 0.4) is 0 Å². The number of rotatable bonds is 6. The van der Waals surface area contributed by atoms with E-state index in [0.717, 1.165) is 28.3 Å². The highest BCUT2D eigenvalue weighted by molar-refractivity contribution is 6.10. The van der Waals surface area contributed by atoms with Crippen LogP contribution in [0.25, 0.3) is 10.8 Å². The molecular formula is C29H31NO. The van der Waals surface area contributed by atoms with E-state index in [4.69, 9.17) is 0 Å². The lowest BCUT2D eigenvalue weighted by Crippen LogP contribution is -2.29. The maximum atomic E-state index is 13.5. The van der Waals surface area contributed by atoms with Crippen LogP contribution in [-0.2, 0) is 0 Å². The summed E-state index contributed by atoms with van der Waals surface area (Å²) in [7, 11) is 4.13. The van der Waals surface area contributed by atoms with Gasteiger partial charge in [0, 0.05) is 17.5 Å². The smallest absolute Gasteiger partial charge is 0.170 e. The minimum Gasteiger partial charge on any atom is -0.307 e. The van der Waals surface area contributed by atoms with E-state index >= 15 is 0 Å². The van der Waals surface area contributed by atoms with E-state index in [2.05, 4.69) is 50.2 Å². The lowest BCUT2D eigenvalue weighted by molar-refractivity contribution is 0.0943. The fourth-order valence-corrected chi connectivity index (χ4v) is 3.64. The molecule has 4 aromatic rings. The first kappa shape index (κ1) is 22.5. The molecule has 31 heavy (non-hydrogen) atoms. The summed E-state index contributed by atoms with van der Waals surface area (Å²) < 4.78 is 0. The Hall–Kier alpha value is -3.23. The summed E-state index contributed by atoms with van der Waals surface area (Å²) in [5.41, 5.74) is 1.91. The van der Waals surface area contributed by atoms with Gasteiger partial charge in [0.25, 0.3) is 0 Å². The zero-order chi connectivity index (χ0) is 22.1. The molecule has 0 aliphatic carbocycles. The largest absolute Gasteiger partial charge is 0.307 e. The Balaban J connectivity index is 0.000000391. The molecule has 158 valence electrons. The molecule has 0 bridgehead atoms. The van der Waals surface area contributed by atoms with E-state index in [0.29, 0.717) is 6.04 Å². The molecule has 0 fully saturated rings. The standard InChI is InChI=1S/C23H25NO.C6H6/c1-17(24(2)3)16-22(19-10-5-4-6-11-19)23(25)21-15-9-13-18-12-7-8-14-20(18)21;1-2-4-6-5-3-1/h4-15,17,22H,16H2,1-3H3;1-6H. The predicted molar refractivity (Wildman–Crippen MR) is 132 cm³/mol. The third kappa shape index (κ3) is 6.13. The van der Waals surface area contributed by atoms with Crippen molar-refractivity contribution < 1.29 is 4.79 Å². The van der Waals surface area contributed by atoms with Crippen LogP contribution >= 0.6 is 0 Å². The molecule has 0 aromatic heterocycles. The fraction of sp³-hybridized carbons (Fsp3) is 0.207. The molecule has 4 rings (SSSR count). The molecule has 0 N–H and O–H groups in total. The van der Waals surface area contributed by atoms with Gasteiger partial charge in [-0.3, -0.25) is 4.79 Å². The first-order valence-electron chi connectivity index (χ1n) is 10.8. The van der Waals surface area contributed by atoms with Crippen molar-refractivity contribution in [2.24, 2.45) is 0 Å². The monoisotopic (exact) mass is 409 g/mol. The highest BCUT2D eigenvalue weighted by Crippen LogP contribution is 2.30. The van der Waals surface area contributed by atoms with Crippen molar-refractivity contribution in [1.82, 2.24) is 4.90 Å². The summed E-state index contributed by atoms with van der Waals surface area (Å²) >= 11 is 0. The van der Waals surface area contributed by atoms with E-state index in [9.17, 15) is 4.79 Å². The SMILES string of the molecule is CC(CC(C(=O)c1cccc2ccccc12)c1ccccc1)N(C)C.c1ccccc1. The highest BCUT2D eigenvalue weighted by Gasteiger charge is 2.25. The number of hydrogen-bond acceptors (Lipinski definition) is 2. The normalized spacial score (nSPS) is 12.6. The second kappa shape index (κ2) is 11.2. The average molecular weight is 410 g/mol. The first-order chi connectivity index (χ1) is 15.1. The number of nitrogens with zero attached hydrogens (tertiary/aromatic N) is 1. The number of carbonyl (C=O) groups excluding carboxylic acids is 1. The van der Waals surface area contributed by atoms with Crippen LogP contribution in [0.4, 0.5) is 0 Å². The maximum absolute atomic E-state index is 13.5. The topological polar surface area (TPSA) is 20.3 Å². The first-order valence-corrected chi connectivity index (χ1v) is 10.8. The van der Waals surface area contributed by atoms with Gasteiger partial charge in [-0.2, -0.15) is 0 Å². The summed E-state index contributed by atoms with van der Waals surface area (Å²) in [6.45, 7) is 2.17. The van der Waals surface area contributed by atoms with Gasteiger partial charge in [-0.25, -0.2) is 0 Å². The Kier molecular flexibility index (Phi) is 8.14. The minimum absolute atomic E-state index is 0.135. The molecular weight excluding hydrogens is 378 g/mol. The summed E-state index contributed by atoms with van der Waals surface area (Å²) in [5.74, 6) is 0.0705. The van der Waals surface area contributed by atoms with Gasteiger partial charge < -0.3 is 4.90 Å². The molecule has 2 nitrogen and oxygen atoms in total. The van der Waals surface area contributed by atoms with Crippen LogP contribution in [-0.4, -0.2) is 30.8 Å². The van der Waals surface area contributed by atoms with E-state index in [-0.39, 0.29) is 11.7 Å². The maximum Gasteiger partial charge on any atom is 0.170 e. The summed E-state index contributed by atoms with van der Waals surface area (Å²) in [5, 5.41) is 2.15. The molecule has 0 spiro atoms. The summed E-state index contributed by atoms with van der Waals surface area (Å²) in [6.07, 6.45) is 0.805. The second-order valence-corrected chi connectivity index (χ2v) is 8.06. The molecule has 0 aliphatic heterocycles. The summed E-state index contributed by atoms with van der Waals surface area (Å²) in [4.78, 5) is 15.7. The van der Waals surface area contributed by atoms with Gasteiger partial charge in [0.1, 0.15) is 0 Å². The van der Waals surface area contributed by atoms with Gasteiger partial charge in [0.15, 0.2) is 5.78 Å². The van der Waals surface area contributed by atoms with Gasteiger partial charge in [-0.15, -0.1) is 0 Å². The van der Waals surface area contributed by atoms with Crippen LogP contribution in [0.2, 0.25) is 0 Å². The Morgan fingerprint density at radius 1 is 0.710 bits per heavy atom. The molecule has 0 aliphatic rings. The average Bonchev–Trinajstić information content (AvgIpc) is 2.83. The molecule has 2 atom stereocenters. The molecule has 2 unspecified atom stereocenters. The van der Waals surface area contributed by atoms with Crippen LogP contribution in [0.15, 0.2) is 109 Å². The third-order valence-electron chi connectivity index (χ3n) is 5.70. The number of ketones is 1. The highest BCUT2D eigenvalue weighted by atomic mass is 16.1. The van der Waals surface area contributed by atoms with Crippen LogP contribution in [0.1, 0.15) is 35.2 Å². The molecule has 2 heteroatoms.